The highest BCUT2D eigenvalue weighted by Gasteiger charge is 2.31. The summed E-state index contributed by atoms with van der Waals surface area (Å²) in [7, 11) is -3.65. The van der Waals surface area contributed by atoms with Gasteiger partial charge in [-0.25, -0.2) is 8.42 Å². The average Bonchev–Trinajstić information content (AvgIpc) is 3.04. The second kappa shape index (κ2) is 8.18. The number of benzene rings is 1. The van der Waals surface area contributed by atoms with Crippen LogP contribution in [0.25, 0.3) is 0 Å². The van der Waals surface area contributed by atoms with Crippen LogP contribution in [0.3, 0.4) is 0 Å². The third-order valence-electron chi connectivity index (χ3n) is 4.91. The molecular weight excluding hydrogens is 356 g/mol. The Morgan fingerprint density at radius 2 is 1.88 bits per heavy atom. The minimum Gasteiger partial charge on any atom is -0.481 e. The smallest absolute Gasteiger partial charge is 0.306 e. The number of hydrogen-bond donors (Lipinski definition) is 2. The molecule has 1 saturated carbocycles. The summed E-state index contributed by atoms with van der Waals surface area (Å²) in [6.07, 6.45) is 1.55. The lowest BCUT2D eigenvalue weighted by atomic mass is 10.1. The summed E-state index contributed by atoms with van der Waals surface area (Å²) in [6.45, 7) is 5.99. The van der Waals surface area contributed by atoms with E-state index in [1.54, 1.807) is 26.8 Å². The molecule has 8 heteroatoms. The first-order chi connectivity index (χ1) is 12.2. The van der Waals surface area contributed by atoms with Crippen LogP contribution in [-0.2, 0) is 14.8 Å². The highest BCUT2D eigenvalue weighted by Crippen LogP contribution is 2.26. The van der Waals surface area contributed by atoms with E-state index < -0.39 is 21.9 Å². The van der Waals surface area contributed by atoms with Crippen molar-refractivity contribution < 1.29 is 23.1 Å². The molecule has 0 heterocycles. The van der Waals surface area contributed by atoms with Crippen molar-refractivity contribution in [2.24, 2.45) is 5.92 Å². The largest absolute Gasteiger partial charge is 0.481 e. The van der Waals surface area contributed by atoms with Gasteiger partial charge in [0.1, 0.15) is 0 Å². The molecule has 0 radical (unpaired) electrons. The summed E-state index contributed by atoms with van der Waals surface area (Å²) in [5.41, 5.74) is 0.978. The second-order valence-corrected chi connectivity index (χ2v) is 8.52. The van der Waals surface area contributed by atoms with E-state index in [4.69, 9.17) is 5.11 Å². The number of aliphatic carboxylic acids is 1. The summed E-state index contributed by atoms with van der Waals surface area (Å²) < 4.78 is 26.7. The Labute approximate surface area is 154 Å². The lowest BCUT2D eigenvalue weighted by Gasteiger charge is -2.19. The minimum atomic E-state index is -3.65. The van der Waals surface area contributed by atoms with E-state index in [0.717, 1.165) is 0 Å². The number of aryl methyl sites for hydroxylation is 1. The number of rotatable bonds is 7. The molecule has 0 unspecified atom stereocenters. The molecule has 144 valence electrons. The van der Waals surface area contributed by atoms with Crippen LogP contribution < -0.4 is 5.32 Å². The van der Waals surface area contributed by atoms with E-state index in [1.165, 1.54) is 16.4 Å². The van der Waals surface area contributed by atoms with Gasteiger partial charge < -0.3 is 10.4 Å². The normalized spacial score (nSPS) is 20.3. The van der Waals surface area contributed by atoms with Crippen LogP contribution in [0.1, 0.15) is 49.0 Å². The number of carbonyl (C=O) groups excluding carboxylic acids is 1. The molecule has 0 saturated heterocycles. The number of carbonyl (C=O) groups is 2. The van der Waals surface area contributed by atoms with Gasteiger partial charge in [0, 0.05) is 24.7 Å². The molecule has 1 amide bonds. The van der Waals surface area contributed by atoms with Crippen molar-refractivity contribution >= 4 is 21.9 Å². The third-order valence-corrected chi connectivity index (χ3v) is 6.96. The van der Waals surface area contributed by atoms with Crippen LogP contribution in [0.5, 0.6) is 0 Å². The molecule has 0 aliphatic heterocycles. The molecule has 2 rings (SSSR count). The quantitative estimate of drug-likeness (QED) is 0.751. The molecule has 2 atom stereocenters. The van der Waals surface area contributed by atoms with Crippen molar-refractivity contribution in [3.8, 4) is 0 Å². The van der Waals surface area contributed by atoms with Gasteiger partial charge in [-0.05, 0) is 43.9 Å². The molecule has 1 aromatic rings. The fourth-order valence-corrected chi connectivity index (χ4v) is 4.80. The maximum Gasteiger partial charge on any atom is 0.306 e. The van der Waals surface area contributed by atoms with E-state index in [0.29, 0.717) is 43.5 Å². The van der Waals surface area contributed by atoms with Crippen molar-refractivity contribution in [3.63, 3.8) is 0 Å². The summed E-state index contributed by atoms with van der Waals surface area (Å²) in [5, 5.41) is 11.9. The maximum absolute atomic E-state index is 12.7. The van der Waals surface area contributed by atoms with Crippen LogP contribution in [-0.4, -0.2) is 48.8 Å². The number of nitrogens with one attached hydrogen (secondary N) is 1. The van der Waals surface area contributed by atoms with Crippen molar-refractivity contribution in [1.82, 2.24) is 9.62 Å². The molecule has 1 aliphatic rings. The van der Waals surface area contributed by atoms with Crippen molar-refractivity contribution in [1.29, 1.82) is 0 Å². The zero-order valence-corrected chi connectivity index (χ0v) is 16.2. The highest BCUT2D eigenvalue weighted by atomic mass is 32.2. The predicted molar refractivity (Wildman–Crippen MR) is 97.5 cm³/mol. The number of carboxylic acids is 1. The van der Waals surface area contributed by atoms with Gasteiger partial charge in [0.15, 0.2) is 0 Å². The topological polar surface area (TPSA) is 104 Å². The number of nitrogens with zero attached hydrogens (tertiary/aromatic N) is 1. The Morgan fingerprint density at radius 3 is 2.42 bits per heavy atom. The number of hydrogen-bond acceptors (Lipinski definition) is 4. The maximum atomic E-state index is 12.7. The Hall–Kier alpha value is -1.93. The van der Waals surface area contributed by atoms with Gasteiger partial charge in [-0.3, -0.25) is 9.59 Å². The first-order valence-corrected chi connectivity index (χ1v) is 10.3. The van der Waals surface area contributed by atoms with E-state index in [9.17, 15) is 18.0 Å². The first-order valence-electron chi connectivity index (χ1n) is 8.85. The fourth-order valence-electron chi connectivity index (χ4n) is 3.32. The molecule has 7 nitrogen and oxygen atoms in total. The lowest BCUT2D eigenvalue weighted by molar-refractivity contribution is -0.141. The molecule has 26 heavy (non-hydrogen) atoms. The Bertz CT molecular complexity index is 787. The van der Waals surface area contributed by atoms with Crippen molar-refractivity contribution in [2.75, 3.05) is 13.1 Å². The second-order valence-electron chi connectivity index (χ2n) is 6.58. The zero-order valence-electron chi connectivity index (χ0n) is 15.4. The van der Waals surface area contributed by atoms with E-state index in [-0.39, 0.29) is 16.8 Å². The van der Waals surface area contributed by atoms with Crippen LogP contribution in [0.2, 0.25) is 0 Å². The van der Waals surface area contributed by atoms with Gasteiger partial charge >= 0.3 is 5.97 Å². The van der Waals surface area contributed by atoms with Gasteiger partial charge in [0.25, 0.3) is 5.91 Å². The molecule has 1 aromatic carbocycles. The minimum absolute atomic E-state index is 0.0896. The van der Waals surface area contributed by atoms with Crippen LogP contribution >= 0.6 is 0 Å². The SMILES string of the molecule is CCN(CC)S(=O)(=O)c1ccc(C)c(C(=O)N[C@H]2CC[C@@H](C(=O)O)C2)c1. The lowest BCUT2D eigenvalue weighted by Crippen LogP contribution is -2.34. The fraction of sp³-hybridized carbons (Fsp3) is 0.556. The number of carboxylic acid groups (broad SMARTS) is 1. The molecule has 1 fully saturated rings. The summed E-state index contributed by atoms with van der Waals surface area (Å²) >= 11 is 0. The van der Waals surface area contributed by atoms with Crippen molar-refractivity contribution in [3.05, 3.63) is 29.3 Å². The number of sulfonamides is 1. The molecule has 1 aliphatic carbocycles. The highest BCUT2D eigenvalue weighted by molar-refractivity contribution is 7.89. The van der Waals surface area contributed by atoms with Crippen LogP contribution in [0, 0.1) is 12.8 Å². The van der Waals surface area contributed by atoms with Gasteiger partial charge in [0.05, 0.1) is 10.8 Å². The van der Waals surface area contributed by atoms with E-state index in [2.05, 4.69) is 5.32 Å². The molecule has 0 spiro atoms. The van der Waals surface area contributed by atoms with Gasteiger partial charge in [-0.1, -0.05) is 19.9 Å². The molecule has 0 aromatic heterocycles. The monoisotopic (exact) mass is 382 g/mol. The summed E-state index contributed by atoms with van der Waals surface area (Å²) in [6, 6.07) is 4.34. The van der Waals surface area contributed by atoms with E-state index in [1.807, 2.05) is 0 Å². The summed E-state index contributed by atoms with van der Waals surface area (Å²) in [4.78, 5) is 23.8. The molecular formula is C18H26N2O5S. The van der Waals surface area contributed by atoms with Gasteiger partial charge in [-0.2, -0.15) is 4.31 Å². The number of amides is 1. The predicted octanol–water partition coefficient (Wildman–Crippen LogP) is 2.01. The molecule has 2 N–H and O–H groups in total. The van der Waals surface area contributed by atoms with E-state index >= 15 is 0 Å². The Balaban J connectivity index is 2.22. The van der Waals surface area contributed by atoms with Crippen LogP contribution in [0.4, 0.5) is 0 Å². The van der Waals surface area contributed by atoms with Crippen LogP contribution in [0.15, 0.2) is 23.1 Å². The average molecular weight is 382 g/mol. The Morgan fingerprint density at radius 1 is 1.23 bits per heavy atom. The third kappa shape index (κ3) is 4.24. The van der Waals surface area contributed by atoms with Gasteiger partial charge in [0.2, 0.25) is 10.0 Å². The van der Waals surface area contributed by atoms with Gasteiger partial charge in [-0.15, -0.1) is 0 Å². The first kappa shape index (κ1) is 20.4. The summed E-state index contributed by atoms with van der Waals surface area (Å²) in [5.74, 6) is -1.64. The van der Waals surface area contributed by atoms with Crippen molar-refractivity contribution in [2.45, 2.75) is 51.0 Å². The zero-order chi connectivity index (χ0) is 19.5. The molecule has 0 bridgehead atoms. The standard InChI is InChI=1S/C18H26N2O5S/c1-4-20(5-2)26(24,25)15-9-6-12(3)16(11-15)17(21)19-14-8-7-13(10-14)18(22)23/h6,9,11,13-14H,4-5,7-8,10H2,1-3H3,(H,19,21)(H,22,23)/t13-,14+/m1/s1. The Kier molecular flexibility index (Phi) is 6.41.